The highest BCUT2D eigenvalue weighted by molar-refractivity contribution is 5.42. The van der Waals surface area contributed by atoms with Crippen LogP contribution >= 0.6 is 0 Å². The molecule has 1 saturated carbocycles. The largest absolute Gasteiger partial charge is 0.497 e. The molecule has 0 amide bonds. The first-order valence-corrected chi connectivity index (χ1v) is 7.74. The Morgan fingerprint density at radius 3 is 2.50 bits per heavy atom. The van der Waals surface area contributed by atoms with Crippen LogP contribution in [0.25, 0.3) is 0 Å². The standard InChI is InChI=1S/C17H27NO2/c1-4-13-5-7-14(8-6-13)20-17-11-15(19-3)9-10-16(17)12(2)18/h9-14H,4-8,18H2,1-3H3/t12-,13?,14?/m1/s1. The van der Waals surface area contributed by atoms with Crippen molar-refractivity contribution in [3.05, 3.63) is 23.8 Å². The van der Waals surface area contributed by atoms with Gasteiger partial charge < -0.3 is 15.2 Å². The summed E-state index contributed by atoms with van der Waals surface area (Å²) in [6.45, 7) is 4.27. The fourth-order valence-corrected chi connectivity index (χ4v) is 2.96. The maximum Gasteiger partial charge on any atom is 0.128 e. The van der Waals surface area contributed by atoms with Crippen molar-refractivity contribution in [2.24, 2.45) is 11.7 Å². The van der Waals surface area contributed by atoms with Crippen molar-refractivity contribution < 1.29 is 9.47 Å². The second-order valence-corrected chi connectivity index (χ2v) is 5.86. The molecule has 2 rings (SSSR count). The first-order valence-electron chi connectivity index (χ1n) is 7.74. The molecule has 1 atom stereocenters. The summed E-state index contributed by atoms with van der Waals surface area (Å²) >= 11 is 0. The van der Waals surface area contributed by atoms with E-state index in [4.69, 9.17) is 15.2 Å². The quantitative estimate of drug-likeness (QED) is 0.882. The van der Waals surface area contributed by atoms with E-state index in [1.807, 2.05) is 25.1 Å². The van der Waals surface area contributed by atoms with Crippen molar-refractivity contribution in [2.45, 2.75) is 58.1 Å². The molecule has 3 nitrogen and oxygen atoms in total. The molecule has 0 spiro atoms. The molecule has 1 aliphatic rings. The maximum atomic E-state index is 6.22. The molecule has 0 unspecified atom stereocenters. The van der Waals surface area contributed by atoms with E-state index < -0.39 is 0 Å². The molecule has 3 heteroatoms. The topological polar surface area (TPSA) is 44.5 Å². The van der Waals surface area contributed by atoms with E-state index in [-0.39, 0.29) is 6.04 Å². The highest BCUT2D eigenvalue weighted by Gasteiger charge is 2.22. The normalized spacial score (nSPS) is 24.2. The van der Waals surface area contributed by atoms with Gasteiger partial charge in [0.25, 0.3) is 0 Å². The molecule has 1 aromatic rings. The van der Waals surface area contributed by atoms with Crippen molar-refractivity contribution in [3.8, 4) is 11.5 Å². The molecule has 2 N–H and O–H groups in total. The highest BCUT2D eigenvalue weighted by atomic mass is 16.5. The van der Waals surface area contributed by atoms with Crippen molar-refractivity contribution >= 4 is 0 Å². The molecule has 1 fully saturated rings. The van der Waals surface area contributed by atoms with E-state index in [1.54, 1.807) is 7.11 Å². The smallest absolute Gasteiger partial charge is 0.128 e. The molecule has 1 aliphatic carbocycles. The predicted octanol–water partition coefficient (Wildman–Crippen LogP) is 4.06. The van der Waals surface area contributed by atoms with Gasteiger partial charge in [0.1, 0.15) is 11.5 Å². The van der Waals surface area contributed by atoms with Crippen molar-refractivity contribution in [1.29, 1.82) is 0 Å². The second kappa shape index (κ2) is 6.98. The molecular formula is C17H27NO2. The third-order valence-corrected chi connectivity index (χ3v) is 4.38. The molecule has 20 heavy (non-hydrogen) atoms. The number of rotatable bonds is 5. The Hall–Kier alpha value is -1.22. The minimum atomic E-state index is -0.0251. The average Bonchev–Trinajstić information content (AvgIpc) is 2.47. The van der Waals surface area contributed by atoms with Gasteiger partial charge in [-0.15, -0.1) is 0 Å². The number of nitrogens with two attached hydrogens (primary N) is 1. The Bertz CT molecular complexity index is 423. The molecule has 0 heterocycles. The summed E-state index contributed by atoms with van der Waals surface area (Å²) < 4.78 is 11.5. The van der Waals surface area contributed by atoms with E-state index >= 15 is 0 Å². The average molecular weight is 277 g/mol. The van der Waals surface area contributed by atoms with Crippen LogP contribution in [-0.4, -0.2) is 13.2 Å². The van der Waals surface area contributed by atoms with Crippen LogP contribution in [0.5, 0.6) is 11.5 Å². The first kappa shape index (κ1) is 15.2. The van der Waals surface area contributed by atoms with Gasteiger partial charge in [0, 0.05) is 17.7 Å². The monoisotopic (exact) mass is 277 g/mol. The summed E-state index contributed by atoms with van der Waals surface area (Å²) in [6.07, 6.45) is 6.46. The zero-order valence-corrected chi connectivity index (χ0v) is 12.9. The SMILES string of the molecule is CCC1CCC(Oc2cc(OC)ccc2[C@@H](C)N)CC1. The minimum Gasteiger partial charge on any atom is -0.497 e. The summed E-state index contributed by atoms with van der Waals surface area (Å²) in [4.78, 5) is 0. The Balaban J connectivity index is 2.07. The Labute approximate surface area is 122 Å². The van der Waals surface area contributed by atoms with Gasteiger partial charge >= 0.3 is 0 Å². The Morgan fingerprint density at radius 1 is 1.25 bits per heavy atom. The summed E-state index contributed by atoms with van der Waals surface area (Å²) in [5.74, 6) is 2.60. The third kappa shape index (κ3) is 3.66. The van der Waals surface area contributed by atoms with Gasteiger partial charge in [-0.2, -0.15) is 0 Å². The van der Waals surface area contributed by atoms with Crippen LogP contribution < -0.4 is 15.2 Å². The highest BCUT2D eigenvalue weighted by Crippen LogP contribution is 2.33. The van der Waals surface area contributed by atoms with E-state index in [1.165, 1.54) is 19.3 Å². The van der Waals surface area contributed by atoms with E-state index in [2.05, 4.69) is 6.92 Å². The van der Waals surface area contributed by atoms with Crippen LogP contribution in [0.15, 0.2) is 18.2 Å². The lowest BCUT2D eigenvalue weighted by atomic mass is 9.86. The summed E-state index contributed by atoms with van der Waals surface area (Å²) in [7, 11) is 1.68. The third-order valence-electron chi connectivity index (χ3n) is 4.38. The molecule has 112 valence electrons. The van der Waals surface area contributed by atoms with Crippen molar-refractivity contribution in [1.82, 2.24) is 0 Å². The summed E-state index contributed by atoms with van der Waals surface area (Å²) in [5.41, 5.74) is 7.09. The van der Waals surface area contributed by atoms with E-state index in [0.29, 0.717) is 6.10 Å². The van der Waals surface area contributed by atoms with Gasteiger partial charge in [0.15, 0.2) is 0 Å². The number of benzene rings is 1. The first-order chi connectivity index (χ1) is 9.63. The van der Waals surface area contributed by atoms with Gasteiger partial charge in [-0.3, -0.25) is 0 Å². The fraction of sp³-hybridized carbons (Fsp3) is 0.647. The maximum absolute atomic E-state index is 6.22. The van der Waals surface area contributed by atoms with Gasteiger partial charge in [0.05, 0.1) is 13.2 Å². The van der Waals surface area contributed by atoms with Crippen LogP contribution in [0.3, 0.4) is 0 Å². The van der Waals surface area contributed by atoms with Gasteiger partial charge in [-0.1, -0.05) is 19.4 Å². The van der Waals surface area contributed by atoms with E-state index in [9.17, 15) is 0 Å². The summed E-state index contributed by atoms with van der Waals surface area (Å²) in [5, 5.41) is 0. The number of methoxy groups -OCH3 is 1. The molecular weight excluding hydrogens is 250 g/mol. The van der Waals surface area contributed by atoms with Crippen molar-refractivity contribution in [2.75, 3.05) is 7.11 Å². The second-order valence-electron chi connectivity index (χ2n) is 5.86. The lowest BCUT2D eigenvalue weighted by Crippen LogP contribution is -2.24. The Morgan fingerprint density at radius 2 is 1.95 bits per heavy atom. The zero-order chi connectivity index (χ0) is 14.5. The predicted molar refractivity (Wildman–Crippen MR) is 82.3 cm³/mol. The minimum absolute atomic E-state index is 0.0251. The lowest BCUT2D eigenvalue weighted by molar-refractivity contribution is 0.128. The van der Waals surface area contributed by atoms with Gasteiger partial charge in [0.2, 0.25) is 0 Å². The van der Waals surface area contributed by atoms with Crippen LogP contribution in [-0.2, 0) is 0 Å². The molecule has 0 bridgehead atoms. The van der Waals surface area contributed by atoms with Crippen LogP contribution in [0.2, 0.25) is 0 Å². The lowest BCUT2D eigenvalue weighted by Gasteiger charge is -2.29. The van der Waals surface area contributed by atoms with Crippen molar-refractivity contribution in [3.63, 3.8) is 0 Å². The van der Waals surface area contributed by atoms with Gasteiger partial charge in [-0.25, -0.2) is 0 Å². The van der Waals surface area contributed by atoms with Crippen LogP contribution in [0.4, 0.5) is 0 Å². The molecule has 0 aromatic heterocycles. The number of hydrogen-bond donors (Lipinski definition) is 1. The summed E-state index contributed by atoms with van der Waals surface area (Å²) in [6, 6.07) is 5.89. The number of ether oxygens (including phenoxy) is 2. The zero-order valence-electron chi connectivity index (χ0n) is 12.9. The molecule has 0 saturated heterocycles. The molecule has 1 aromatic carbocycles. The van der Waals surface area contributed by atoms with Gasteiger partial charge in [-0.05, 0) is 44.6 Å². The molecule has 0 radical (unpaired) electrons. The van der Waals surface area contributed by atoms with Crippen LogP contribution in [0, 0.1) is 5.92 Å². The van der Waals surface area contributed by atoms with E-state index in [0.717, 1.165) is 35.8 Å². The molecule has 0 aliphatic heterocycles. The number of hydrogen-bond acceptors (Lipinski definition) is 3. The van der Waals surface area contributed by atoms with Crippen LogP contribution in [0.1, 0.15) is 57.6 Å². The fourth-order valence-electron chi connectivity index (χ4n) is 2.96. The Kier molecular flexibility index (Phi) is 5.30.